The van der Waals surface area contributed by atoms with E-state index < -0.39 is 16.9 Å². The second kappa shape index (κ2) is 7.48. The van der Waals surface area contributed by atoms with Gasteiger partial charge in [-0.2, -0.15) is 0 Å². The number of nitrogens with zero attached hydrogens (tertiary/aromatic N) is 3. The summed E-state index contributed by atoms with van der Waals surface area (Å²) in [4.78, 5) is 22.7. The molecule has 2 aromatic heterocycles. The van der Waals surface area contributed by atoms with E-state index in [1.165, 1.54) is 18.2 Å². The minimum absolute atomic E-state index is 0.00197. The second-order valence-electron chi connectivity index (χ2n) is 5.57. The topological polar surface area (TPSA) is 130 Å². The molecule has 3 aromatic rings. The van der Waals surface area contributed by atoms with Crippen LogP contribution < -0.4 is 14.8 Å². The zero-order valence-corrected chi connectivity index (χ0v) is 14.9. The van der Waals surface area contributed by atoms with Gasteiger partial charge in [0.05, 0.1) is 4.92 Å². The third kappa shape index (κ3) is 3.83. The van der Waals surface area contributed by atoms with Gasteiger partial charge >= 0.3 is 11.0 Å². The van der Waals surface area contributed by atoms with Crippen molar-refractivity contribution in [3.63, 3.8) is 0 Å². The second-order valence-corrected chi connectivity index (χ2v) is 6.66. The first-order chi connectivity index (χ1) is 13.6. The van der Waals surface area contributed by atoms with E-state index in [0.717, 1.165) is 11.3 Å². The average Bonchev–Trinajstić information content (AvgIpc) is 3.36. The smallest absolute Gasteiger partial charge is 0.324 e. The average molecular weight is 400 g/mol. The number of para-hydroxylation sites is 2. The molecule has 0 spiro atoms. The molecule has 28 heavy (non-hydrogen) atoms. The molecule has 1 atom stereocenters. The van der Waals surface area contributed by atoms with E-state index in [9.17, 15) is 14.9 Å². The number of nitrogens with one attached hydrogen (secondary N) is 1. The fourth-order valence-corrected chi connectivity index (χ4v) is 3.12. The maximum absolute atomic E-state index is 12.0. The van der Waals surface area contributed by atoms with Crippen LogP contribution in [0.5, 0.6) is 11.5 Å². The van der Waals surface area contributed by atoms with Crippen LogP contribution in [-0.4, -0.2) is 27.6 Å². The van der Waals surface area contributed by atoms with Crippen molar-refractivity contribution in [1.82, 2.24) is 10.2 Å². The molecule has 4 rings (SSSR count). The normalized spacial score (nSPS) is 15.5. The number of anilines is 1. The summed E-state index contributed by atoms with van der Waals surface area (Å²) < 4.78 is 16.8. The van der Waals surface area contributed by atoms with E-state index >= 15 is 0 Å². The van der Waals surface area contributed by atoms with E-state index in [4.69, 9.17) is 13.9 Å². The van der Waals surface area contributed by atoms with Crippen molar-refractivity contribution >= 4 is 34.3 Å². The molecular weight excluding hydrogens is 388 g/mol. The lowest BCUT2D eigenvalue weighted by Crippen LogP contribution is -2.21. The van der Waals surface area contributed by atoms with Crippen molar-refractivity contribution < 1.29 is 23.6 Å². The zero-order chi connectivity index (χ0) is 19.5. The van der Waals surface area contributed by atoms with Gasteiger partial charge in [0.1, 0.15) is 6.61 Å². The van der Waals surface area contributed by atoms with Crippen molar-refractivity contribution in [1.29, 1.82) is 0 Å². The SMILES string of the molecule is O=C(C=Cc1ccc([N+](=O)[O-])s1)Nc1nnc(C2COc3ccccc3O2)o1. The monoisotopic (exact) mass is 400 g/mol. The molecule has 10 nitrogen and oxygen atoms in total. The molecule has 142 valence electrons. The summed E-state index contributed by atoms with van der Waals surface area (Å²) in [5.41, 5.74) is 0. The number of hydrogen-bond acceptors (Lipinski definition) is 9. The molecule has 3 heterocycles. The van der Waals surface area contributed by atoms with Gasteiger partial charge < -0.3 is 13.9 Å². The van der Waals surface area contributed by atoms with Crippen molar-refractivity contribution in [2.24, 2.45) is 0 Å². The summed E-state index contributed by atoms with van der Waals surface area (Å²) in [5, 5.41) is 20.7. The quantitative estimate of drug-likeness (QED) is 0.393. The predicted molar refractivity (Wildman–Crippen MR) is 98.2 cm³/mol. The van der Waals surface area contributed by atoms with Gasteiger partial charge in [-0.25, -0.2) is 0 Å². The van der Waals surface area contributed by atoms with Crippen LogP contribution in [0.2, 0.25) is 0 Å². The highest BCUT2D eigenvalue weighted by Crippen LogP contribution is 2.35. The van der Waals surface area contributed by atoms with Gasteiger partial charge in [0.2, 0.25) is 6.10 Å². The summed E-state index contributed by atoms with van der Waals surface area (Å²) in [5.74, 6) is 0.848. The highest BCUT2D eigenvalue weighted by Gasteiger charge is 2.27. The third-order valence-electron chi connectivity index (χ3n) is 3.65. The number of rotatable bonds is 5. The number of carbonyl (C=O) groups excluding carboxylic acids is 1. The molecule has 0 bridgehead atoms. The maximum atomic E-state index is 12.0. The van der Waals surface area contributed by atoms with Crippen LogP contribution in [0, 0.1) is 10.1 Å². The van der Waals surface area contributed by atoms with E-state index in [0.29, 0.717) is 16.4 Å². The third-order valence-corrected chi connectivity index (χ3v) is 4.65. The Morgan fingerprint density at radius 2 is 2.07 bits per heavy atom. The lowest BCUT2D eigenvalue weighted by Gasteiger charge is -2.23. The number of carbonyl (C=O) groups is 1. The molecule has 11 heteroatoms. The number of benzene rings is 1. The summed E-state index contributed by atoms with van der Waals surface area (Å²) in [6.45, 7) is 0.198. The van der Waals surface area contributed by atoms with Crippen molar-refractivity contribution in [3.8, 4) is 11.5 Å². The Labute approximate surface area is 161 Å². The molecule has 0 radical (unpaired) electrons. The van der Waals surface area contributed by atoms with E-state index in [1.54, 1.807) is 18.2 Å². The number of aromatic nitrogens is 2. The number of nitro groups is 1. The largest absolute Gasteiger partial charge is 0.485 e. The van der Waals surface area contributed by atoms with Crippen molar-refractivity contribution in [2.75, 3.05) is 11.9 Å². The van der Waals surface area contributed by atoms with Crippen LogP contribution in [0.3, 0.4) is 0 Å². The van der Waals surface area contributed by atoms with E-state index in [-0.39, 0.29) is 23.5 Å². The van der Waals surface area contributed by atoms with Crippen LogP contribution in [-0.2, 0) is 4.79 Å². The number of hydrogen-bond donors (Lipinski definition) is 1. The Morgan fingerprint density at radius 1 is 1.25 bits per heavy atom. The zero-order valence-electron chi connectivity index (χ0n) is 14.1. The van der Waals surface area contributed by atoms with Gasteiger partial charge in [-0.15, -0.1) is 5.10 Å². The number of amides is 1. The number of thiophene rings is 1. The molecule has 0 aliphatic carbocycles. The molecule has 1 N–H and O–H groups in total. The molecule has 1 aliphatic rings. The molecule has 0 fully saturated rings. The van der Waals surface area contributed by atoms with E-state index in [2.05, 4.69) is 15.5 Å². The fraction of sp³-hybridized carbons (Fsp3) is 0.118. The van der Waals surface area contributed by atoms with Gasteiger partial charge in [0, 0.05) is 17.0 Å². The highest BCUT2D eigenvalue weighted by atomic mass is 32.1. The van der Waals surface area contributed by atoms with Crippen molar-refractivity contribution in [3.05, 3.63) is 63.4 Å². The van der Waals surface area contributed by atoms with Gasteiger partial charge in [-0.1, -0.05) is 28.6 Å². The molecule has 1 amide bonds. The van der Waals surface area contributed by atoms with Crippen molar-refractivity contribution in [2.45, 2.75) is 6.10 Å². The van der Waals surface area contributed by atoms with Crippen LogP contribution in [0.15, 0.2) is 46.9 Å². The maximum Gasteiger partial charge on any atom is 0.324 e. The number of fused-ring (bicyclic) bond motifs is 1. The minimum atomic E-state index is -0.588. The van der Waals surface area contributed by atoms with Gasteiger partial charge in [-0.3, -0.25) is 20.2 Å². The molecule has 0 saturated heterocycles. The summed E-state index contributed by atoms with van der Waals surface area (Å²) in [6, 6.07) is 10.0. The molecule has 0 saturated carbocycles. The molecule has 1 aromatic carbocycles. The first kappa shape index (κ1) is 17.7. The Bertz CT molecular complexity index is 1060. The fourth-order valence-electron chi connectivity index (χ4n) is 2.39. The predicted octanol–water partition coefficient (Wildman–Crippen LogP) is 3.20. The molecular formula is C17H12N4O6S. The van der Waals surface area contributed by atoms with E-state index in [1.807, 2.05) is 12.1 Å². The van der Waals surface area contributed by atoms with Crippen LogP contribution in [0.4, 0.5) is 11.0 Å². The first-order valence-corrected chi connectivity index (χ1v) is 8.85. The lowest BCUT2D eigenvalue weighted by atomic mass is 10.2. The molecule has 1 aliphatic heterocycles. The van der Waals surface area contributed by atoms with Crippen LogP contribution >= 0.6 is 11.3 Å². The first-order valence-electron chi connectivity index (χ1n) is 8.03. The van der Waals surface area contributed by atoms with Crippen LogP contribution in [0.25, 0.3) is 6.08 Å². The van der Waals surface area contributed by atoms with Gasteiger partial charge in [0.15, 0.2) is 11.5 Å². The van der Waals surface area contributed by atoms with Gasteiger partial charge in [-0.05, 0) is 24.3 Å². The van der Waals surface area contributed by atoms with Gasteiger partial charge in [0.25, 0.3) is 11.8 Å². The Hall–Kier alpha value is -3.73. The highest BCUT2D eigenvalue weighted by molar-refractivity contribution is 7.16. The van der Waals surface area contributed by atoms with Crippen LogP contribution in [0.1, 0.15) is 16.9 Å². The summed E-state index contributed by atoms with van der Waals surface area (Å²) in [6.07, 6.45) is 2.09. The standard InChI is InChI=1S/C17H12N4O6S/c22-14(7-5-10-6-8-15(28-10)21(23)24)18-17-20-19-16(27-17)13-9-25-11-3-1-2-4-12(11)26-13/h1-8,13H,9H2,(H,18,20,22). The summed E-state index contributed by atoms with van der Waals surface area (Å²) >= 11 is 0.959. The minimum Gasteiger partial charge on any atom is -0.485 e. The Morgan fingerprint density at radius 3 is 2.86 bits per heavy atom. The Kier molecular flexibility index (Phi) is 4.72. The lowest BCUT2D eigenvalue weighted by molar-refractivity contribution is -0.380. The summed E-state index contributed by atoms with van der Waals surface area (Å²) in [7, 11) is 0. The molecule has 1 unspecified atom stereocenters. The number of ether oxygens (including phenoxy) is 2. The Balaban J connectivity index is 1.37.